The van der Waals surface area contributed by atoms with E-state index in [1.165, 1.54) is 42.5 Å². The van der Waals surface area contributed by atoms with Crippen molar-refractivity contribution in [2.75, 3.05) is 16.2 Å². The zero-order valence-corrected chi connectivity index (χ0v) is 18.3. The lowest BCUT2D eigenvalue weighted by atomic mass is 10.1. The maximum Gasteiger partial charge on any atom is 0.418 e. The fraction of sp³-hybridized carbons (Fsp3) is 0.136. The van der Waals surface area contributed by atoms with E-state index in [0.29, 0.717) is 10.6 Å². The van der Waals surface area contributed by atoms with E-state index in [-0.39, 0.29) is 10.6 Å². The van der Waals surface area contributed by atoms with Gasteiger partial charge in [-0.1, -0.05) is 41.9 Å². The molecule has 3 aromatic rings. The van der Waals surface area contributed by atoms with E-state index >= 15 is 0 Å². The number of amides is 1. The van der Waals surface area contributed by atoms with Crippen LogP contribution < -0.4 is 9.62 Å². The molecule has 3 rings (SSSR count). The average molecular weight is 483 g/mol. The maximum atomic E-state index is 13.3. The maximum absolute atomic E-state index is 13.3. The molecule has 0 aliphatic heterocycles. The Labute approximate surface area is 188 Å². The fourth-order valence-corrected chi connectivity index (χ4v) is 4.65. The molecule has 32 heavy (non-hydrogen) atoms. The summed E-state index contributed by atoms with van der Waals surface area (Å²) in [6.07, 6.45) is -4.69. The van der Waals surface area contributed by atoms with Crippen LogP contribution in [0.3, 0.4) is 0 Å². The van der Waals surface area contributed by atoms with Crippen molar-refractivity contribution in [1.82, 2.24) is 0 Å². The molecule has 168 valence electrons. The second-order valence-corrected chi connectivity index (χ2v) is 9.14. The van der Waals surface area contributed by atoms with Crippen LogP contribution in [0.25, 0.3) is 0 Å². The van der Waals surface area contributed by atoms with Crippen molar-refractivity contribution in [3.8, 4) is 0 Å². The van der Waals surface area contributed by atoms with Gasteiger partial charge in [-0.3, -0.25) is 9.10 Å². The Kier molecular flexibility index (Phi) is 6.80. The number of hydrogen-bond acceptors (Lipinski definition) is 3. The van der Waals surface area contributed by atoms with Crippen molar-refractivity contribution in [1.29, 1.82) is 0 Å². The van der Waals surface area contributed by atoms with Crippen molar-refractivity contribution in [3.63, 3.8) is 0 Å². The molecule has 0 radical (unpaired) electrons. The van der Waals surface area contributed by atoms with Crippen molar-refractivity contribution in [2.24, 2.45) is 0 Å². The number of alkyl halides is 3. The van der Waals surface area contributed by atoms with Gasteiger partial charge < -0.3 is 5.32 Å². The Hall–Kier alpha value is -3.04. The van der Waals surface area contributed by atoms with Gasteiger partial charge in [-0.15, -0.1) is 0 Å². The van der Waals surface area contributed by atoms with Crippen molar-refractivity contribution in [3.05, 3.63) is 88.9 Å². The first kappa shape index (κ1) is 23.6. The van der Waals surface area contributed by atoms with Gasteiger partial charge in [-0.25, -0.2) is 8.42 Å². The lowest BCUT2D eigenvalue weighted by Crippen LogP contribution is -2.38. The molecule has 0 saturated heterocycles. The molecule has 5 nitrogen and oxygen atoms in total. The molecular weight excluding hydrogens is 465 g/mol. The topological polar surface area (TPSA) is 66.5 Å². The number of hydrogen-bond donors (Lipinski definition) is 1. The summed E-state index contributed by atoms with van der Waals surface area (Å²) in [5, 5.41) is 2.51. The molecule has 0 bridgehead atoms. The molecule has 0 fully saturated rings. The quantitative estimate of drug-likeness (QED) is 0.504. The summed E-state index contributed by atoms with van der Waals surface area (Å²) < 4.78 is 67.3. The number of carbonyl (C=O) groups is 1. The van der Waals surface area contributed by atoms with Gasteiger partial charge in [0.1, 0.15) is 6.54 Å². The van der Waals surface area contributed by atoms with E-state index in [1.54, 1.807) is 25.1 Å². The number of aryl methyl sites for hydroxylation is 1. The summed E-state index contributed by atoms with van der Waals surface area (Å²) >= 11 is 5.85. The van der Waals surface area contributed by atoms with Crippen LogP contribution >= 0.6 is 11.6 Å². The van der Waals surface area contributed by atoms with E-state index in [9.17, 15) is 26.4 Å². The van der Waals surface area contributed by atoms with Crippen LogP contribution in [0.1, 0.15) is 11.1 Å². The second-order valence-electron chi connectivity index (χ2n) is 6.84. The van der Waals surface area contributed by atoms with Crippen LogP contribution in [0.4, 0.5) is 24.5 Å². The normalized spacial score (nSPS) is 11.8. The van der Waals surface area contributed by atoms with Crippen molar-refractivity contribution in [2.45, 2.75) is 18.0 Å². The minimum atomic E-state index is -4.69. The number of benzene rings is 3. The van der Waals surface area contributed by atoms with Gasteiger partial charge in [-0.05, 0) is 55.0 Å². The van der Waals surface area contributed by atoms with Gasteiger partial charge in [0.2, 0.25) is 5.91 Å². The number of carbonyl (C=O) groups excluding carboxylic acids is 1. The first-order chi connectivity index (χ1) is 15.0. The zero-order chi connectivity index (χ0) is 23.5. The third-order valence-corrected chi connectivity index (χ3v) is 6.61. The molecule has 0 aliphatic carbocycles. The highest BCUT2D eigenvalue weighted by molar-refractivity contribution is 7.92. The van der Waals surface area contributed by atoms with Gasteiger partial charge in [0, 0.05) is 5.02 Å². The number of rotatable bonds is 6. The summed E-state index contributed by atoms with van der Waals surface area (Å²) in [4.78, 5) is 12.6. The lowest BCUT2D eigenvalue weighted by molar-refractivity contribution is -0.137. The monoisotopic (exact) mass is 482 g/mol. The van der Waals surface area contributed by atoms with E-state index in [1.807, 2.05) is 0 Å². The van der Waals surface area contributed by atoms with Crippen LogP contribution in [0.2, 0.25) is 5.02 Å². The van der Waals surface area contributed by atoms with Crippen molar-refractivity contribution >= 4 is 38.9 Å². The molecule has 10 heteroatoms. The predicted octanol–water partition coefficient (Wildman–Crippen LogP) is 5.50. The Bertz CT molecular complexity index is 1230. The largest absolute Gasteiger partial charge is 0.418 e. The summed E-state index contributed by atoms with van der Waals surface area (Å²) in [6, 6.07) is 16.3. The SMILES string of the molecule is Cc1ccccc1N(CC(=O)Nc1ccccc1C(F)(F)F)S(=O)(=O)c1ccc(Cl)cc1. The predicted molar refractivity (Wildman–Crippen MR) is 117 cm³/mol. The minimum Gasteiger partial charge on any atom is -0.324 e. The second kappa shape index (κ2) is 9.22. The average Bonchev–Trinajstić information content (AvgIpc) is 2.72. The Morgan fingerprint density at radius 3 is 2.19 bits per heavy atom. The summed E-state index contributed by atoms with van der Waals surface area (Å²) in [7, 11) is -4.23. The van der Waals surface area contributed by atoms with Gasteiger partial charge in [0.25, 0.3) is 10.0 Å². The molecular formula is C22H18ClF3N2O3S. The zero-order valence-electron chi connectivity index (χ0n) is 16.7. The van der Waals surface area contributed by atoms with Crippen LogP contribution in [0.5, 0.6) is 0 Å². The van der Waals surface area contributed by atoms with E-state index in [4.69, 9.17) is 11.6 Å². The van der Waals surface area contributed by atoms with E-state index in [0.717, 1.165) is 16.4 Å². The number of halogens is 4. The molecule has 0 saturated carbocycles. The number of nitrogens with one attached hydrogen (secondary N) is 1. The molecule has 0 atom stereocenters. The third-order valence-electron chi connectivity index (χ3n) is 4.58. The Morgan fingerprint density at radius 1 is 0.969 bits per heavy atom. The highest BCUT2D eigenvalue weighted by Crippen LogP contribution is 2.35. The first-order valence-electron chi connectivity index (χ1n) is 9.30. The molecule has 0 spiro atoms. The third kappa shape index (κ3) is 5.23. The Morgan fingerprint density at radius 2 is 1.56 bits per heavy atom. The summed E-state index contributed by atoms with van der Waals surface area (Å²) in [6.45, 7) is 0.929. The molecule has 1 N–H and O–H groups in total. The number of nitrogens with zero attached hydrogens (tertiary/aromatic N) is 1. The number of para-hydroxylation sites is 2. The standard InChI is InChI=1S/C22H18ClF3N2O3S/c1-15-6-2-5-9-20(15)28(32(30,31)17-12-10-16(23)11-13-17)14-21(29)27-19-8-4-3-7-18(19)22(24,25)26/h2-13H,14H2,1H3,(H,27,29). The van der Waals surface area contributed by atoms with E-state index in [2.05, 4.69) is 5.32 Å². The number of sulfonamides is 1. The van der Waals surface area contributed by atoms with Gasteiger partial charge in [0.15, 0.2) is 0 Å². The minimum absolute atomic E-state index is 0.117. The van der Waals surface area contributed by atoms with E-state index < -0.39 is 39.9 Å². The molecule has 1 amide bonds. The van der Waals surface area contributed by atoms with Crippen LogP contribution in [-0.2, 0) is 21.0 Å². The van der Waals surface area contributed by atoms with Gasteiger partial charge >= 0.3 is 6.18 Å². The smallest absolute Gasteiger partial charge is 0.324 e. The molecule has 0 heterocycles. The molecule has 0 aromatic heterocycles. The van der Waals surface area contributed by atoms with Crippen LogP contribution in [-0.4, -0.2) is 20.9 Å². The highest BCUT2D eigenvalue weighted by atomic mass is 35.5. The molecule has 0 unspecified atom stereocenters. The van der Waals surface area contributed by atoms with Crippen molar-refractivity contribution < 1.29 is 26.4 Å². The highest BCUT2D eigenvalue weighted by Gasteiger charge is 2.34. The molecule has 0 aliphatic rings. The van der Waals surface area contributed by atoms with Gasteiger partial charge in [0.05, 0.1) is 21.8 Å². The summed E-state index contributed by atoms with van der Waals surface area (Å²) in [5.74, 6) is -0.928. The van der Waals surface area contributed by atoms with Gasteiger partial charge in [-0.2, -0.15) is 13.2 Å². The fourth-order valence-electron chi connectivity index (χ4n) is 3.04. The lowest BCUT2D eigenvalue weighted by Gasteiger charge is -2.26. The first-order valence-corrected chi connectivity index (χ1v) is 11.1. The Balaban J connectivity index is 1.98. The number of anilines is 2. The van der Waals surface area contributed by atoms with Crippen LogP contribution in [0.15, 0.2) is 77.7 Å². The van der Waals surface area contributed by atoms with Crippen LogP contribution in [0, 0.1) is 6.92 Å². The summed E-state index contributed by atoms with van der Waals surface area (Å²) in [5.41, 5.74) is -0.704. The molecule has 3 aromatic carbocycles.